The third-order valence-electron chi connectivity index (χ3n) is 4.50. The molecule has 114 valence electrons. The van der Waals surface area contributed by atoms with Gasteiger partial charge in [-0.05, 0) is 44.5 Å². The summed E-state index contributed by atoms with van der Waals surface area (Å²) in [6.45, 7) is 6.85. The molecule has 4 nitrogen and oxygen atoms in total. The molecule has 2 aromatic rings. The number of nitrogens with zero attached hydrogens (tertiary/aromatic N) is 2. The van der Waals surface area contributed by atoms with E-state index in [1.807, 2.05) is 6.07 Å². The van der Waals surface area contributed by atoms with Gasteiger partial charge in [-0.15, -0.1) is 0 Å². The van der Waals surface area contributed by atoms with Gasteiger partial charge in [0.15, 0.2) is 0 Å². The van der Waals surface area contributed by atoms with Gasteiger partial charge in [0, 0.05) is 29.1 Å². The molecule has 1 aromatic heterocycles. The van der Waals surface area contributed by atoms with Crippen LogP contribution in [0.25, 0.3) is 10.9 Å². The Balaban J connectivity index is 1.97. The molecule has 0 radical (unpaired) electrons. The molecule has 0 saturated heterocycles. The molecule has 1 aliphatic rings. The highest BCUT2D eigenvalue weighted by Gasteiger charge is 2.28. The fraction of sp³-hybridized carbons (Fsp3) is 0.588. The summed E-state index contributed by atoms with van der Waals surface area (Å²) in [5, 5.41) is 8.99. The largest absolute Gasteiger partial charge is 0.496 e. The maximum Gasteiger partial charge on any atom is 0.122 e. The molecule has 1 heterocycles. The second-order valence-electron chi connectivity index (χ2n) is 5.94. The van der Waals surface area contributed by atoms with Gasteiger partial charge in [-0.3, -0.25) is 10.00 Å². The first-order valence-electron chi connectivity index (χ1n) is 8.05. The third-order valence-corrected chi connectivity index (χ3v) is 4.50. The summed E-state index contributed by atoms with van der Waals surface area (Å²) in [4.78, 5) is 2.63. The van der Waals surface area contributed by atoms with E-state index in [1.165, 1.54) is 42.6 Å². The van der Waals surface area contributed by atoms with Crippen LogP contribution in [0.5, 0.6) is 5.75 Å². The number of rotatable bonds is 6. The van der Waals surface area contributed by atoms with Gasteiger partial charge in [0.1, 0.15) is 5.75 Å². The van der Waals surface area contributed by atoms with Gasteiger partial charge in [-0.2, -0.15) is 5.10 Å². The van der Waals surface area contributed by atoms with Crippen LogP contribution in [0.15, 0.2) is 12.1 Å². The molecule has 0 amide bonds. The van der Waals surface area contributed by atoms with Crippen molar-refractivity contribution in [1.82, 2.24) is 15.1 Å². The molecule has 0 fully saturated rings. The topological polar surface area (TPSA) is 41.2 Å². The number of ether oxygens (including phenoxy) is 1. The van der Waals surface area contributed by atoms with E-state index in [-0.39, 0.29) is 0 Å². The molecular formula is C17H25N3O. The molecule has 0 bridgehead atoms. The number of hydrogen-bond acceptors (Lipinski definition) is 3. The van der Waals surface area contributed by atoms with Gasteiger partial charge in [0.25, 0.3) is 0 Å². The maximum absolute atomic E-state index is 5.59. The summed E-state index contributed by atoms with van der Waals surface area (Å²) >= 11 is 0. The van der Waals surface area contributed by atoms with E-state index in [2.05, 4.69) is 35.0 Å². The van der Waals surface area contributed by atoms with Crippen molar-refractivity contribution in [2.24, 2.45) is 0 Å². The Bertz CT molecular complexity index is 614. The molecule has 0 aliphatic heterocycles. The smallest absolute Gasteiger partial charge is 0.122 e. The molecule has 3 rings (SSSR count). The van der Waals surface area contributed by atoms with Crippen molar-refractivity contribution < 1.29 is 4.74 Å². The van der Waals surface area contributed by atoms with Crippen LogP contribution < -0.4 is 4.74 Å². The molecule has 1 unspecified atom stereocenters. The van der Waals surface area contributed by atoms with Crippen molar-refractivity contribution in [2.45, 2.75) is 45.6 Å². The second kappa shape index (κ2) is 6.06. The summed E-state index contributed by atoms with van der Waals surface area (Å²) in [5.41, 5.74) is 3.66. The number of aromatic nitrogens is 2. The van der Waals surface area contributed by atoms with Crippen LogP contribution in [0.3, 0.4) is 0 Å². The fourth-order valence-electron chi connectivity index (χ4n) is 3.62. The number of nitrogens with one attached hydrogen (secondary N) is 1. The summed E-state index contributed by atoms with van der Waals surface area (Å²) in [6.07, 6.45) is 4.53. The first kappa shape index (κ1) is 14.4. The van der Waals surface area contributed by atoms with Crippen LogP contribution in [0, 0.1) is 0 Å². The molecule has 0 saturated carbocycles. The zero-order chi connectivity index (χ0) is 14.8. The molecule has 0 spiro atoms. The van der Waals surface area contributed by atoms with E-state index in [0.717, 1.165) is 24.1 Å². The molecule has 1 aromatic carbocycles. The summed E-state index contributed by atoms with van der Waals surface area (Å²) in [5.74, 6) is 1.00. The van der Waals surface area contributed by atoms with Crippen LogP contribution in [0.4, 0.5) is 0 Å². The molecule has 1 N–H and O–H groups in total. The Morgan fingerprint density at radius 2 is 2.00 bits per heavy atom. The average Bonchev–Trinajstić information content (AvgIpc) is 2.92. The minimum atomic E-state index is 0.553. The summed E-state index contributed by atoms with van der Waals surface area (Å²) in [7, 11) is 1.76. The van der Waals surface area contributed by atoms with Gasteiger partial charge in [-0.1, -0.05) is 13.8 Å². The van der Waals surface area contributed by atoms with E-state index in [1.54, 1.807) is 7.11 Å². The number of aromatic amines is 1. The van der Waals surface area contributed by atoms with Crippen molar-refractivity contribution in [2.75, 3.05) is 20.2 Å². The van der Waals surface area contributed by atoms with Crippen molar-refractivity contribution in [3.8, 4) is 5.75 Å². The lowest BCUT2D eigenvalue weighted by Crippen LogP contribution is -2.41. The number of methoxy groups -OCH3 is 1. The summed E-state index contributed by atoms with van der Waals surface area (Å²) in [6, 6.07) is 4.65. The Labute approximate surface area is 126 Å². The highest BCUT2D eigenvalue weighted by molar-refractivity contribution is 5.88. The van der Waals surface area contributed by atoms with Crippen molar-refractivity contribution >= 4 is 10.9 Å². The van der Waals surface area contributed by atoms with Crippen LogP contribution in [-0.2, 0) is 12.8 Å². The van der Waals surface area contributed by atoms with E-state index in [9.17, 15) is 0 Å². The van der Waals surface area contributed by atoms with Crippen LogP contribution in [0.2, 0.25) is 0 Å². The Morgan fingerprint density at radius 1 is 1.24 bits per heavy atom. The zero-order valence-electron chi connectivity index (χ0n) is 13.3. The highest BCUT2D eigenvalue weighted by Crippen LogP contribution is 2.35. The van der Waals surface area contributed by atoms with Crippen LogP contribution in [0.1, 0.15) is 37.9 Å². The first-order chi connectivity index (χ1) is 10.3. The molecule has 1 atom stereocenters. The van der Waals surface area contributed by atoms with Gasteiger partial charge in [-0.25, -0.2) is 0 Å². The van der Waals surface area contributed by atoms with Crippen LogP contribution in [-0.4, -0.2) is 41.3 Å². The predicted octanol–water partition coefficient (Wildman–Crippen LogP) is 3.16. The van der Waals surface area contributed by atoms with Gasteiger partial charge in [0.05, 0.1) is 12.6 Å². The molecule has 21 heavy (non-hydrogen) atoms. The lowest BCUT2D eigenvalue weighted by atomic mass is 9.89. The lowest BCUT2D eigenvalue weighted by molar-refractivity contribution is 0.190. The maximum atomic E-state index is 5.59. The number of hydrogen-bond donors (Lipinski definition) is 1. The monoisotopic (exact) mass is 287 g/mol. The van der Waals surface area contributed by atoms with E-state index in [0.29, 0.717) is 6.04 Å². The standard InChI is InChI=1S/C17H25N3O/c1-4-8-20(9-5-2)12-10-13-16(21-3)7-6-14-17(13)15(11-12)19-18-14/h6-7,12H,4-5,8-11H2,1-3H3,(H,18,19). The van der Waals surface area contributed by atoms with Gasteiger partial charge < -0.3 is 4.74 Å². The molecule has 1 aliphatic carbocycles. The fourth-order valence-corrected chi connectivity index (χ4v) is 3.62. The average molecular weight is 287 g/mol. The normalized spacial score (nSPS) is 17.6. The van der Waals surface area contributed by atoms with Gasteiger partial charge >= 0.3 is 0 Å². The SMILES string of the molecule is CCCN(CCC)C1Cc2[nH]nc3ccc(OC)c(c23)C1. The van der Waals surface area contributed by atoms with Crippen LogP contribution >= 0.6 is 0 Å². The first-order valence-corrected chi connectivity index (χ1v) is 8.05. The Hall–Kier alpha value is -1.55. The van der Waals surface area contributed by atoms with E-state index in [4.69, 9.17) is 4.74 Å². The van der Waals surface area contributed by atoms with Crippen molar-refractivity contribution in [3.63, 3.8) is 0 Å². The van der Waals surface area contributed by atoms with E-state index >= 15 is 0 Å². The molecular weight excluding hydrogens is 262 g/mol. The lowest BCUT2D eigenvalue weighted by Gasteiger charge is -2.34. The number of benzene rings is 1. The summed E-state index contributed by atoms with van der Waals surface area (Å²) < 4.78 is 5.59. The highest BCUT2D eigenvalue weighted by atomic mass is 16.5. The van der Waals surface area contributed by atoms with Gasteiger partial charge in [0.2, 0.25) is 0 Å². The van der Waals surface area contributed by atoms with Crippen molar-refractivity contribution in [1.29, 1.82) is 0 Å². The molecule has 4 heteroatoms. The number of H-pyrrole nitrogens is 1. The second-order valence-corrected chi connectivity index (χ2v) is 5.94. The minimum Gasteiger partial charge on any atom is -0.496 e. The van der Waals surface area contributed by atoms with Crippen molar-refractivity contribution in [3.05, 3.63) is 23.4 Å². The predicted molar refractivity (Wildman–Crippen MR) is 86.0 cm³/mol. The quantitative estimate of drug-likeness (QED) is 0.887. The zero-order valence-corrected chi connectivity index (χ0v) is 13.3. The minimum absolute atomic E-state index is 0.553. The Morgan fingerprint density at radius 3 is 2.67 bits per heavy atom. The van der Waals surface area contributed by atoms with E-state index < -0.39 is 0 Å². The third kappa shape index (κ3) is 2.53. The Kier molecular flexibility index (Phi) is 4.15.